The summed E-state index contributed by atoms with van der Waals surface area (Å²) in [5, 5.41) is 11.6. The quantitative estimate of drug-likeness (QED) is 0.535. The van der Waals surface area contributed by atoms with E-state index in [9.17, 15) is 0 Å². The van der Waals surface area contributed by atoms with Gasteiger partial charge < -0.3 is 15.2 Å². The molecule has 1 aliphatic heterocycles. The van der Waals surface area contributed by atoms with Crippen LogP contribution >= 0.6 is 0 Å². The van der Waals surface area contributed by atoms with Crippen molar-refractivity contribution in [3.05, 3.63) is 0 Å². The van der Waals surface area contributed by atoms with E-state index in [2.05, 4.69) is 5.32 Å². The molecule has 1 heterocycles. The fourth-order valence-electron chi connectivity index (χ4n) is 0.990. The summed E-state index contributed by atoms with van der Waals surface area (Å²) in [4.78, 5) is 0. The van der Waals surface area contributed by atoms with Crippen LogP contribution < -0.4 is 5.32 Å². The van der Waals surface area contributed by atoms with Gasteiger partial charge in [-0.05, 0) is 13.0 Å². The van der Waals surface area contributed by atoms with Gasteiger partial charge in [-0.15, -0.1) is 0 Å². The fraction of sp³-hybridized carbons (Fsp3) is 1.00. The maximum atomic E-state index is 8.38. The molecule has 3 nitrogen and oxygen atoms in total. The highest BCUT2D eigenvalue weighted by Gasteiger charge is 2.13. The van der Waals surface area contributed by atoms with Crippen LogP contribution in [-0.4, -0.2) is 37.5 Å². The lowest BCUT2D eigenvalue weighted by atomic mass is 10.3. The van der Waals surface area contributed by atoms with Crippen molar-refractivity contribution in [3.8, 4) is 0 Å². The lowest BCUT2D eigenvalue weighted by Crippen LogP contribution is -2.18. The maximum absolute atomic E-state index is 8.38. The van der Waals surface area contributed by atoms with Gasteiger partial charge in [-0.3, -0.25) is 0 Å². The number of aliphatic hydroxyl groups excluding tert-OH is 1. The third kappa shape index (κ3) is 2.30. The maximum Gasteiger partial charge on any atom is 0.0712 e. The van der Waals surface area contributed by atoms with Gasteiger partial charge in [0.15, 0.2) is 0 Å². The Morgan fingerprint density at radius 2 is 2.56 bits per heavy atom. The summed E-state index contributed by atoms with van der Waals surface area (Å²) in [6.45, 7) is 2.61. The molecule has 0 aromatic carbocycles. The second kappa shape index (κ2) is 3.82. The fourth-order valence-corrected chi connectivity index (χ4v) is 0.990. The molecule has 1 aliphatic rings. The van der Waals surface area contributed by atoms with Gasteiger partial charge in [-0.25, -0.2) is 0 Å². The summed E-state index contributed by atoms with van der Waals surface area (Å²) in [5.74, 6) is 0. The van der Waals surface area contributed by atoms with E-state index in [0.717, 1.165) is 19.5 Å². The smallest absolute Gasteiger partial charge is 0.0712 e. The van der Waals surface area contributed by atoms with Crippen LogP contribution in [0.4, 0.5) is 0 Å². The van der Waals surface area contributed by atoms with Gasteiger partial charge in [0.05, 0.1) is 19.3 Å². The SMILES string of the molecule is OCCOC1CCNC1. The molecular weight excluding hydrogens is 118 g/mol. The summed E-state index contributed by atoms with van der Waals surface area (Å²) in [5.41, 5.74) is 0. The number of hydrogen-bond donors (Lipinski definition) is 2. The third-order valence-electron chi connectivity index (χ3n) is 1.46. The number of ether oxygens (including phenoxy) is 1. The molecule has 0 spiro atoms. The summed E-state index contributed by atoms with van der Waals surface area (Å²) >= 11 is 0. The van der Waals surface area contributed by atoms with E-state index < -0.39 is 0 Å². The highest BCUT2D eigenvalue weighted by Crippen LogP contribution is 2.01. The largest absolute Gasteiger partial charge is 0.394 e. The zero-order valence-corrected chi connectivity index (χ0v) is 5.47. The molecule has 0 aromatic rings. The molecule has 2 N–H and O–H groups in total. The molecule has 0 aliphatic carbocycles. The van der Waals surface area contributed by atoms with Crippen LogP contribution in [0.5, 0.6) is 0 Å². The van der Waals surface area contributed by atoms with Crippen LogP contribution in [0.2, 0.25) is 0 Å². The summed E-state index contributed by atoms with van der Waals surface area (Å²) in [6.07, 6.45) is 1.43. The summed E-state index contributed by atoms with van der Waals surface area (Å²) in [6, 6.07) is 0. The second-order valence-electron chi connectivity index (χ2n) is 2.21. The van der Waals surface area contributed by atoms with Gasteiger partial charge in [-0.1, -0.05) is 0 Å². The highest BCUT2D eigenvalue weighted by atomic mass is 16.5. The summed E-state index contributed by atoms with van der Waals surface area (Å²) in [7, 11) is 0. The molecule has 1 atom stereocenters. The van der Waals surface area contributed by atoms with E-state index in [1.165, 1.54) is 0 Å². The minimum Gasteiger partial charge on any atom is -0.394 e. The van der Waals surface area contributed by atoms with Crippen LogP contribution in [0, 0.1) is 0 Å². The number of hydrogen-bond acceptors (Lipinski definition) is 3. The highest BCUT2D eigenvalue weighted by molar-refractivity contribution is 4.70. The zero-order valence-electron chi connectivity index (χ0n) is 5.47. The molecule has 3 heteroatoms. The number of nitrogens with one attached hydrogen (secondary N) is 1. The first kappa shape index (κ1) is 6.99. The van der Waals surface area contributed by atoms with Gasteiger partial charge in [0.25, 0.3) is 0 Å². The molecule has 1 saturated heterocycles. The van der Waals surface area contributed by atoms with E-state index in [1.807, 2.05) is 0 Å². The number of rotatable bonds is 3. The first-order valence-electron chi connectivity index (χ1n) is 3.36. The first-order chi connectivity index (χ1) is 4.43. The molecule has 1 unspecified atom stereocenters. The summed E-state index contributed by atoms with van der Waals surface area (Å²) < 4.78 is 5.24. The van der Waals surface area contributed by atoms with Crippen LogP contribution in [0.25, 0.3) is 0 Å². The van der Waals surface area contributed by atoms with E-state index in [0.29, 0.717) is 12.7 Å². The molecule has 54 valence electrons. The van der Waals surface area contributed by atoms with Crippen molar-refractivity contribution in [1.82, 2.24) is 5.32 Å². The Balaban J connectivity index is 1.98. The molecule has 0 radical (unpaired) electrons. The first-order valence-corrected chi connectivity index (χ1v) is 3.36. The monoisotopic (exact) mass is 131 g/mol. The predicted molar refractivity (Wildman–Crippen MR) is 34.3 cm³/mol. The lowest BCUT2D eigenvalue weighted by molar-refractivity contribution is 0.0402. The molecule has 0 saturated carbocycles. The van der Waals surface area contributed by atoms with Crippen molar-refractivity contribution < 1.29 is 9.84 Å². The van der Waals surface area contributed by atoms with Crippen LogP contribution in [0.3, 0.4) is 0 Å². The van der Waals surface area contributed by atoms with Crippen molar-refractivity contribution >= 4 is 0 Å². The molecular formula is C6H13NO2. The zero-order chi connectivity index (χ0) is 6.53. The topological polar surface area (TPSA) is 41.5 Å². The Morgan fingerprint density at radius 1 is 1.67 bits per heavy atom. The predicted octanol–water partition coefficient (Wildman–Crippen LogP) is -0.643. The minimum absolute atomic E-state index is 0.135. The second-order valence-corrected chi connectivity index (χ2v) is 2.21. The molecule has 0 amide bonds. The van der Waals surface area contributed by atoms with Crippen LogP contribution in [-0.2, 0) is 4.74 Å². The third-order valence-corrected chi connectivity index (χ3v) is 1.46. The molecule has 1 fully saturated rings. The minimum atomic E-state index is 0.135. The van der Waals surface area contributed by atoms with Gasteiger partial charge >= 0.3 is 0 Å². The molecule has 0 bridgehead atoms. The Morgan fingerprint density at radius 3 is 3.11 bits per heavy atom. The normalized spacial score (nSPS) is 27.0. The van der Waals surface area contributed by atoms with Crippen molar-refractivity contribution in [3.63, 3.8) is 0 Å². The Hall–Kier alpha value is -0.120. The van der Waals surface area contributed by atoms with Crippen LogP contribution in [0.15, 0.2) is 0 Å². The molecule has 0 aromatic heterocycles. The molecule has 1 rings (SSSR count). The van der Waals surface area contributed by atoms with Crippen molar-refractivity contribution in [2.24, 2.45) is 0 Å². The van der Waals surface area contributed by atoms with Crippen molar-refractivity contribution in [1.29, 1.82) is 0 Å². The van der Waals surface area contributed by atoms with Gasteiger partial charge in [0.2, 0.25) is 0 Å². The standard InChI is InChI=1S/C6H13NO2/c8-3-4-9-6-1-2-7-5-6/h6-8H,1-5H2. The average Bonchev–Trinajstić information content (AvgIpc) is 2.34. The lowest BCUT2D eigenvalue weighted by Gasteiger charge is -2.07. The average molecular weight is 131 g/mol. The molecule has 9 heavy (non-hydrogen) atoms. The Labute approximate surface area is 55.0 Å². The van der Waals surface area contributed by atoms with E-state index in [4.69, 9.17) is 9.84 Å². The van der Waals surface area contributed by atoms with E-state index in [1.54, 1.807) is 0 Å². The van der Waals surface area contributed by atoms with E-state index in [-0.39, 0.29) is 6.61 Å². The van der Waals surface area contributed by atoms with Crippen LogP contribution in [0.1, 0.15) is 6.42 Å². The van der Waals surface area contributed by atoms with Gasteiger partial charge in [0, 0.05) is 6.54 Å². The Kier molecular flexibility index (Phi) is 2.97. The van der Waals surface area contributed by atoms with E-state index >= 15 is 0 Å². The number of aliphatic hydroxyl groups is 1. The van der Waals surface area contributed by atoms with Gasteiger partial charge in [0.1, 0.15) is 0 Å². The van der Waals surface area contributed by atoms with Crippen molar-refractivity contribution in [2.75, 3.05) is 26.3 Å². The van der Waals surface area contributed by atoms with Crippen molar-refractivity contribution in [2.45, 2.75) is 12.5 Å². The van der Waals surface area contributed by atoms with Gasteiger partial charge in [-0.2, -0.15) is 0 Å². The Bertz CT molecular complexity index is 71.5.